The zero-order valence-electron chi connectivity index (χ0n) is 8.78. The number of halogens is 2. The van der Waals surface area contributed by atoms with Crippen molar-refractivity contribution < 1.29 is 13.6 Å². The summed E-state index contributed by atoms with van der Waals surface area (Å²) in [7, 11) is 0. The summed E-state index contributed by atoms with van der Waals surface area (Å²) in [5, 5.41) is 0. The average Bonchev–Trinajstić information content (AvgIpc) is 2.34. The van der Waals surface area contributed by atoms with Gasteiger partial charge in [0.25, 0.3) is 0 Å². The van der Waals surface area contributed by atoms with E-state index in [1.54, 1.807) is 12.1 Å². The predicted octanol–water partition coefficient (Wildman–Crippen LogP) is 3.03. The van der Waals surface area contributed by atoms with E-state index in [9.17, 15) is 13.6 Å². The van der Waals surface area contributed by atoms with Gasteiger partial charge in [0.1, 0.15) is 6.29 Å². The number of benzene rings is 2. The first-order valence-corrected chi connectivity index (χ1v) is 4.92. The Hall–Kier alpha value is -2.23. The van der Waals surface area contributed by atoms with E-state index in [1.807, 2.05) is 0 Å². The van der Waals surface area contributed by atoms with Crippen LogP contribution in [0, 0.1) is 11.6 Å². The van der Waals surface area contributed by atoms with Crippen molar-refractivity contribution in [2.24, 2.45) is 0 Å². The van der Waals surface area contributed by atoms with E-state index in [2.05, 4.69) is 0 Å². The van der Waals surface area contributed by atoms with Gasteiger partial charge in [-0.1, -0.05) is 24.3 Å². The van der Waals surface area contributed by atoms with Crippen molar-refractivity contribution in [1.29, 1.82) is 0 Å². The van der Waals surface area contributed by atoms with E-state index in [-0.39, 0.29) is 11.3 Å². The lowest BCUT2D eigenvalue weighted by atomic mass is 10.0. The van der Waals surface area contributed by atoms with Crippen LogP contribution in [0.4, 0.5) is 14.5 Å². The molecule has 0 aliphatic rings. The maximum Gasteiger partial charge on any atom is 0.166 e. The van der Waals surface area contributed by atoms with Crippen molar-refractivity contribution in [2.75, 3.05) is 5.73 Å². The van der Waals surface area contributed by atoms with Gasteiger partial charge < -0.3 is 5.73 Å². The number of nitrogen functional groups attached to an aromatic ring is 1. The summed E-state index contributed by atoms with van der Waals surface area (Å²) >= 11 is 0. The Bertz CT molecular complexity index is 564. The largest absolute Gasteiger partial charge is 0.399 e. The van der Waals surface area contributed by atoms with E-state index < -0.39 is 11.6 Å². The third kappa shape index (κ3) is 2.15. The smallest absolute Gasteiger partial charge is 0.166 e. The van der Waals surface area contributed by atoms with Gasteiger partial charge in [0, 0.05) is 16.8 Å². The standard InChI is InChI=1S/C13H9F2NO/c14-12-6-10(16)5-11(13(12)15)9-3-1-8(7-17)2-4-9/h1-7H,16H2. The maximum absolute atomic E-state index is 13.5. The summed E-state index contributed by atoms with van der Waals surface area (Å²) < 4.78 is 26.7. The van der Waals surface area contributed by atoms with E-state index in [0.29, 0.717) is 17.4 Å². The molecule has 0 aromatic heterocycles. The highest BCUT2D eigenvalue weighted by Crippen LogP contribution is 2.27. The first-order valence-electron chi connectivity index (χ1n) is 4.92. The van der Waals surface area contributed by atoms with E-state index in [4.69, 9.17) is 5.73 Å². The molecule has 4 heteroatoms. The lowest BCUT2D eigenvalue weighted by Crippen LogP contribution is -1.94. The summed E-state index contributed by atoms with van der Waals surface area (Å²) in [5.41, 5.74) is 6.64. The van der Waals surface area contributed by atoms with E-state index in [0.717, 1.165) is 6.07 Å². The molecule has 0 radical (unpaired) electrons. The molecule has 86 valence electrons. The highest BCUT2D eigenvalue weighted by Gasteiger charge is 2.11. The molecule has 2 nitrogen and oxygen atoms in total. The number of hydrogen-bond donors (Lipinski definition) is 1. The minimum Gasteiger partial charge on any atom is -0.399 e. The molecule has 0 aliphatic heterocycles. The summed E-state index contributed by atoms with van der Waals surface area (Å²) in [4.78, 5) is 10.5. The number of hydrogen-bond acceptors (Lipinski definition) is 2. The topological polar surface area (TPSA) is 43.1 Å². The summed E-state index contributed by atoms with van der Waals surface area (Å²) in [6.45, 7) is 0. The van der Waals surface area contributed by atoms with Crippen LogP contribution in [0.15, 0.2) is 36.4 Å². The van der Waals surface area contributed by atoms with Crippen LogP contribution in [-0.4, -0.2) is 6.29 Å². The van der Waals surface area contributed by atoms with Crippen LogP contribution in [0.1, 0.15) is 10.4 Å². The van der Waals surface area contributed by atoms with Crippen LogP contribution < -0.4 is 5.73 Å². The molecule has 0 fully saturated rings. The molecule has 2 N–H and O–H groups in total. The molecule has 0 saturated carbocycles. The van der Waals surface area contributed by atoms with Crippen molar-refractivity contribution in [3.63, 3.8) is 0 Å². The Morgan fingerprint density at radius 2 is 1.71 bits per heavy atom. The normalized spacial score (nSPS) is 10.2. The fourth-order valence-corrected chi connectivity index (χ4v) is 1.56. The molecule has 0 bridgehead atoms. The van der Waals surface area contributed by atoms with Gasteiger partial charge in [0.15, 0.2) is 11.6 Å². The molecule has 2 aromatic carbocycles. The second-order valence-corrected chi connectivity index (χ2v) is 3.60. The number of anilines is 1. The number of carbonyl (C=O) groups excluding carboxylic acids is 1. The Kier molecular flexibility index (Phi) is 2.87. The second-order valence-electron chi connectivity index (χ2n) is 3.60. The maximum atomic E-state index is 13.5. The number of aldehydes is 1. The van der Waals surface area contributed by atoms with E-state index in [1.165, 1.54) is 18.2 Å². The van der Waals surface area contributed by atoms with Crippen LogP contribution in [0.25, 0.3) is 11.1 Å². The van der Waals surface area contributed by atoms with Gasteiger partial charge in [-0.15, -0.1) is 0 Å². The van der Waals surface area contributed by atoms with Crippen LogP contribution in [0.2, 0.25) is 0 Å². The molecule has 0 saturated heterocycles. The van der Waals surface area contributed by atoms with Crippen molar-refractivity contribution in [3.8, 4) is 11.1 Å². The van der Waals surface area contributed by atoms with Gasteiger partial charge in [-0.05, 0) is 17.7 Å². The first-order chi connectivity index (χ1) is 8.11. The highest BCUT2D eigenvalue weighted by molar-refractivity contribution is 5.77. The Labute approximate surface area is 96.7 Å². The van der Waals surface area contributed by atoms with Crippen LogP contribution >= 0.6 is 0 Å². The van der Waals surface area contributed by atoms with Crippen LogP contribution in [-0.2, 0) is 0 Å². The molecule has 17 heavy (non-hydrogen) atoms. The van der Waals surface area contributed by atoms with Gasteiger partial charge in [-0.3, -0.25) is 4.79 Å². The lowest BCUT2D eigenvalue weighted by Gasteiger charge is -2.06. The van der Waals surface area contributed by atoms with Crippen molar-refractivity contribution in [1.82, 2.24) is 0 Å². The summed E-state index contributed by atoms with van der Waals surface area (Å²) in [6, 6.07) is 8.43. The second kappa shape index (κ2) is 4.33. The zero-order chi connectivity index (χ0) is 12.4. The molecule has 0 amide bonds. The molecule has 2 aromatic rings. The minimum absolute atomic E-state index is 0.0833. The SMILES string of the molecule is Nc1cc(F)c(F)c(-c2ccc(C=O)cc2)c1. The molecular weight excluding hydrogens is 224 g/mol. The van der Waals surface area contributed by atoms with Crippen LogP contribution in [0.3, 0.4) is 0 Å². The number of nitrogens with two attached hydrogens (primary N) is 1. The van der Waals surface area contributed by atoms with Gasteiger partial charge in [0.05, 0.1) is 0 Å². The molecule has 0 atom stereocenters. The fraction of sp³-hybridized carbons (Fsp3) is 0. The third-order valence-electron chi connectivity index (χ3n) is 2.41. The van der Waals surface area contributed by atoms with Crippen molar-refractivity contribution in [3.05, 3.63) is 53.6 Å². The van der Waals surface area contributed by atoms with Crippen molar-refractivity contribution in [2.45, 2.75) is 0 Å². The number of rotatable bonds is 2. The highest BCUT2D eigenvalue weighted by atomic mass is 19.2. The molecule has 2 rings (SSSR count). The van der Waals surface area contributed by atoms with Gasteiger partial charge >= 0.3 is 0 Å². The van der Waals surface area contributed by atoms with Gasteiger partial charge in [0.2, 0.25) is 0 Å². The zero-order valence-corrected chi connectivity index (χ0v) is 8.78. The number of carbonyl (C=O) groups is 1. The fourth-order valence-electron chi connectivity index (χ4n) is 1.56. The Morgan fingerprint density at radius 1 is 1.06 bits per heavy atom. The molecule has 0 spiro atoms. The summed E-state index contributed by atoms with van der Waals surface area (Å²) in [5.74, 6) is -1.93. The van der Waals surface area contributed by atoms with Crippen molar-refractivity contribution >= 4 is 12.0 Å². The van der Waals surface area contributed by atoms with Gasteiger partial charge in [-0.2, -0.15) is 0 Å². The average molecular weight is 233 g/mol. The van der Waals surface area contributed by atoms with Crippen LogP contribution in [0.5, 0.6) is 0 Å². The molecular formula is C13H9F2NO. The molecule has 0 unspecified atom stereocenters. The first kappa shape index (κ1) is 11.3. The monoisotopic (exact) mass is 233 g/mol. The molecule has 0 aliphatic carbocycles. The van der Waals surface area contributed by atoms with E-state index >= 15 is 0 Å². The predicted molar refractivity (Wildman–Crippen MR) is 61.6 cm³/mol. The summed E-state index contributed by atoms with van der Waals surface area (Å²) in [6.07, 6.45) is 0.681. The Balaban J connectivity index is 2.55. The quantitative estimate of drug-likeness (QED) is 0.640. The molecule has 0 heterocycles. The Morgan fingerprint density at radius 3 is 2.29 bits per heavy atom. The minimum atomic E-state index is -0.987. The van der Waals surface area contributed by atoms with Gasteiger partial charge in [-0.25, -0.2) is 8.78 Å². The lowest BCUT2D eigenvalue weighted by molar-refractivity contribution is 0.112. The third-order valence-corrected chi connectivity index (χ3v) is 2.41.